The number of methoxy groups -OCH3 is 1. The summed E-state index contributed by atoms with van der Waals surface area (Å²) < 4.78 is 10.3. The maximum absolute atomic E-state index is 12.7. The highest BCUT2D eigenvalue weighted by atomic mass is 16.5. The van der Waals surface area contributed by atoms with Crippen LogP contribution in [0, 0.1) is 6.92 Å². The number of benzene rings is 1. The van der Waals surface area contributed by atoms with Gasteiger partial charge in [0, 0.05) is 19.4 Å². The average molecular weight is 329 g/mol. The normalized spacial score (nSPS) is 11.8. The van der Waals surface area contributed by atoms with Crippen molar-refractivity contribution in [3.8, 4) is 0 Å². The molecule has 1 aromatic heterocycles. The quantitative estimate of drug-likeness (QED) is 0.732. The molecule has 24 heavy (non-hydrogen) atoms. The molecule has 0 radical (unpaired) electrons. The van der Waals surface area contributed by atoms with Crippen LogP contribution in [0.3, 0.4) is 0 Å². The van der Waals surface area contributed by atoms with Gasteiger partial charge in [0.15, 0.2) is 0 Å². The Bertz CT molecular complexity index is 678. The number of carbonyl (C=O) groups excluding carboxylic acids is 2. The number of hydrogen-bond acceptors (Lipinski definition) is 4. The summed E-state index contributed by atoms with van der Waals surface area (Å²) in [5.41, 5.74) is 0.968. The van der Waals surface area contributed by atoms with Crippen molar-refractivity contribution in [1.29, 1.82) is 0 Å². The van der Waals surface area contributed by atoms with E-state index >= 15 is 0 Å². The van der Waals surface area contributed by atoms with E-state index in [2.05, 4.69) is 0 Å². The number of rotatable bonds is 7. The van der Waals surface area contributed by atoms with Crippen LogP contribution < -0.4 is 0 Å². The SMILES string of the molecule is COC(=O)[C@@H](C)N(Cc1ccccc1)C(=O)CCc1ccc(C)o1. The summed E-state index contributed by atoms with van der Waals surface area (Å²) in [5.74, 6) is 1.06. The van der Waals surface area contributed by atoms with E-state index in [0.29, 0.717) is 13.0 Å². The molecule has 0 saturated heterocycles. The number of carbonyl (C=O) groups is 2. The standard InChI is InChI=1S/C19H23NO4/c1-14-9-10-17(24-14)11-12-18(21)20(15(2)19(22)23-3)13-16-7-5-4-6-8-16/h4-10,15H,11-13H2,1-3H3/t15-/m1/s1. The molecule has 0 unspecified atom stereocenters. The smallest absolute Gasteiger partial charge is 0.328 e. The Labute approximate surface area is 142 Å². The third-order valence-electron chi connectivity index (χ3n) is 3.91. The summed E-state index contributed by atoms with van der Waals surface area (Å²) in [6.07, 6.45) is 0.785. The first-order chi connectivity index (χ1) is 11.5. The maximum atomic E-state index is 12.7. The van der Waals surface area contributed by atoms with Crippen LogP contribution >= 0.6 is 0 Å². The first kappa shape index (κ1) is 17.8. The summed E-state index contributed by atoms with van der Waals surface area (Å²) >= 11 is 0. The monoisotopic (exact) mass is 329 g/mol. The summed E-state index contributed by atoms with van der Waals surface area (Å²) in [6.45, 7) is 3.92. The maximum Gasteiger partial charge on any atom is 0.328 e. The highest BCUT2D eigenvalue weighted by Gasteiger charge is 2.26. The topological polar surface area (TPSA) is 59.8 Å². The predicted molar refractivity (Wildman–Crippen MR) is 90.2 cm³/mol. The fraction of sp³-hybridized carbons (Fsp3) is 0.368. The van der Waals surface area contributed by atoms with Gasteiger partial charge in [-0.25, -0.2) is 4.79 Å². The molecule has 5 heteroatoms. The zero-order valence-electron chi connectivity index (χ0n) is 14.3. The number of amides is 1. The largest absolute Gasteiger partial charge is 0.467 e. The molecule has 0 fully saturated rings. The molecule has 2 rings (SSSR count). The van der Waals surface area contributed by atoms with Gasteiger partial charge in [-0.2, -0.15) is 0 Å². The fourth-order valence-corrected chi connectivity index (χ4v) is 2.51. The third-order valence-corrected chi connectivity index (χ3v) is 3.91. The van der Waals surface area contributed by atoms with E-state index in [9.17, 15) is 9.59 Å². The first-order valence-corrected chi connectivity index (χ1v) is 7.97. The molecule has 1 heterocycles. The van der Waals surface area contributed by atoms with Crippen molar-refractivity contribution in [2.45, 2.75) is 39.3 Å². The van der Waals surface area contributed by atoms with Gasteiger partial charge in [-0.1, -0.05) is 30.3 Å². The lowest BCUT2D eigenvalue weighted by molar-refractivity contribution is -0.152. The summed E-state index contributed by atoms with van der Waals surface area (Å²) in [7, 11) is 1.33. The molecule has 1 aromatic carbocycles. The van der Waals surface area contributed by atoms with Gasteiger partial charge in [0.05, 0.1) is 7.11 Å². The third kappa shape index (κ3) is 4.72. The minimum atomic E-state index is -0.638. The van der Waals surface area contributed by atoms with E-state index in [4.69, 9.17) is 9.15 Å². The van der Waals surface area contributed by atoms with E-state index in [-0.39, 0.29) is 12.3 Å². The van der Waals surface area contributed by atoms with Gasteiger partial charge in [-0.3, -0.25) is 4.79 Å². The molecule has 0 aliphatic heterocycles. The van der Waals surface area contributed by atoms with Gasteiger partial charge in [0.25, 0.3) is 0 Å². The van der Waals surface area contributed by atoms with Crippen molar-refractivity contribution in [3.05, 3.63) is 59.5 Å². The van der Waals surface area contributed by atoms with Crippen LogP contribution in [0.25, 0.3) is 0 Å². The summed E-state index contributed by atoms with van der Waals surface area (Å²) in [5, 5.41) is 0. The van der Waals surface area contributed by atoms with Crippen LogP contribution in [0.15, 0.2) is 46.9 Å². The second-order valence-corrected chi connectivity index (χ2v) is 5.72. The molecule has 0 N–H and O–H groups in total. The number of furan rings is 1. The second kappa shape index (κ2) is 8.34. The van der Waals surface area contributed by atoms with Crippen molar-refractivity contribution in [1.82, 2.24) is 4.90 Å². The van der Waals surface area contributed by atoms with Gasteiger partial charge >= 0.3 is 5.97 Å². The summed E-state index contributed by atoms with van der Waals surface area (Å²) in [4.78, 5) is 26.1. The Hall–Kier alpha value is -2.56. The lowest BCUT2D eigenvalue weighted by Gasteiger charge is -2.27. The molecule has 0 aliphatic carbocycles. The van der Waals surface area contributed by atoms with E-state index in [1.54, 1.807) is 11.8 Å². The summed E-state index contributed by atoms with van der Waals surface area (Å²) in [6, 6.07) is 12.7. The molecular weight excluding hydrogens is 306 g/mol. The fourth-order valence-electron chi connectivity index (χ4n) is 2.51. The predicted octanol–water partition coefficient (Wildman–Crippen LogP) is 3.11. The highest BCUT2D eigenvalue weighted by molar-refractivity contribution is 5.84. The van der Waals surface area contributed by atoms with Gasteiger partial charge in [-0.15, -0.1) is 0 Å². The van der Waals surface area contributed by atoms with Crippen molar-refractivity contribution < 1.29 is 18.7 Å². The average Bonchev–Trinajstić information content (AvgIpc) is 3.02. The Morgan fingerprint density at radius 1 is 1.17 bits per heavy atom. The second-order valence-electron chi connectivity index (χ2n) is 5.72. The number of nitrogens with zero attached hydrogens (tertiary/aromatic N) is 1. The number of ether oxygens (including phenoxy) is 1. The Morgan fingerprint density at radius 3 is 2.46 bits per heavy atom. The van der Waals surface area contributed by atoms with Crippen LogP contribution in [0.5, 0.6) is 0 Å². The molecule has 128 valence electrons. The number of esters is 1. The molecule has 5 nitrogen and oxygen atoms in total. The number of aryl methyl sites for hydroxylation is 2. The van der Waals surface area contributed by atoms with Gasteiger partial charge in [0.2, 0.25) is 5.91 Å². The minimum Gasteiger partial charge on any atom is -0.467 e. The van der Waals surface area contributed by atoms with Crippen LogP contribution in [0.1, 0.15) is 30.4 Å². The molecule has 0 aliphatic rings. The van der Waals surface area contributed by atoms with E-state index in [1.807, 2.05) is 49.4 Å². The zero-order valence-corrected chi connectivity index (χ0v) is 14.3. The van der Waals surface area contributed by atoms with E-state index in [1.165, 1.54) is 7.11 Å². The minimum absolute atomic E-state index is 0.106. The molecule has 2 aromatic rings. The van der Waals surface area contributed by atoms with Gasteiger partial charge in [0.1, 0.15) is 17.6 Å². The van der Waals surface area contributed by atoms with Crippen molar-refractivity contribution in [2.75, 3.05) is 7.11 Å². The van der Waals surface area contributed by atoms with E-state index < -0.39 is 12.0 Å². The molecule has 0 bridgehead atoms. The lowest BCUT2D eigenvalue weighted by Crippen LogP contribution is -2.43. The van der Waals surface area contributed by atoms with Crippen molar-refractivity contribution in [3.63, 3.8) is 0 Å². The zero-order chi connectivity index (χ0) is 17.5. The molecule has 0 saturated carbocycles. The molecule has 1 atom stereocenters. The van der Waals surface area contributed by atoms with Gasteiger partial charge in [-0.05, 0) is 31.5 Å². The molecule has 1 amide bonds. The van der Waals surface area contributed by atoms with Crippen LogP contribution in [-0.2, 0) is 27.3 Å². The lowest BCUT2D eigenvalue weighted by atomic mass is 10.1. The molecule has 0 spiro atoms. The van der Waals surface area contributed by atoms with Crippen LogP contribution in [0.4, 0.5) is 0 Å². The highest BCUT2D eigenvalue weighted by Crippen LogP contribution is 2.14. The Morgan fingerprint density at radius 2 is 1.88 bits per heavy atom. The van der Waals surface area contributed by atoms with Crippen LogP contribution in [-0.4, -0.2) is 29.9 Å². The first-order valence-electron chi connectivity index (χ1n) is 7.97. The number of hydrogen-bond donors (Lipinski definition) is 0. The Balaban J connectivity index is 2.08. The van der Waals surface area contributed by atoms with E-state index in [0.717, 1.165) is 17.1 Å². The molecular formula is C19H23NO4. The Kier molecular flexibility index (Phi) is 6.18. The van der Waals surface area contributed by atoms with Crippen molar-refractivity contribution in [2.24, 2.45) is 0 Å². The van der Waals surface area contributed by atoms with Crippen molar-refractivity contribution >= 4 is 11.9 Å². The van der Waals surface area contributed by atoms with Gasteiger partial charge < -0.3 is 14.1 Å². The van der Waals surface area contributed by atoms with Crippen LogP contribution in [0.2, 0.25) is 0 Å².